The molecule has 1 N–H and O–H groups in total. The van der Waals surface area contributed by atoms with Crippen LogP contribution in [-0.2, 0) is 14.9 Å². The van der Waals surface area contributed by atoms with Crippen molar-refractivity contribution < 1.29 is 19.4 Å². The van der Waals surface area contributed by atoms with Crippen LogP contribution in [0.15, 0.2) is 36.4 Å². The molecule has 2 bridgehead atoms. The van der Waals surface area contributed by atoms with Gasteiger partial charge >= 0.3 is 0 Å². The van der Waals surface area contributed by atoms with Gasteiger partial charge in [0.25, 0.3) is 0 Å². The molecule has 6 rings (SSSR count). The van der Waals surface area contributed by atoms with Gasteiger partial charge in [-0.2, -0.15) is 5.26 Å². The number of nitriles is 1. The maximum atomic E-state index is 13.7. The van der Waals surface area contributed by atoms with Crippen molar-refractivity contribution in [3.8, 4) is 11.8 Å². The van der Waals surface area contributed by atoms with E-state index in [1.165, 1.54) is 0 Å². The summed E-state index contributed by atoms with van der Waals surface area (Å²) in [4.78, 5) is 13.7. The van der Waals surface area contributed by atoms with Gasteiger partial charge in [0.05, 0.1) is 19.6 Å². The molecule has 0 amide bonds. The number of ketones is 1. The summed E-state index contributed by atoms with van der Waals surface area (Å²) in [6, 6.07) is 10.3. The van der Waals surface area contributed by atoms with Crippen molar-refractivity contribution >= 4 is 5.78 Å². The number of carbonyl (C=O) groups is 1. The number of fused-ring (bicyclic) bond motifs is 3. The number of rotatable bonds is 3. The van der Waals surface area contributed by atoms with Crippen molar-refractivity contribution in [2.45, 2.75) is 62.3 Å². The van der Waals surface area contributed by atoms with Crippen LogP contribution in [0.2, 0.25) is 0 Å². The van der Waals surface area contributed by atoms with Crippen LogP contribution in [-0.4, -0.2) is 35.8 Å². The van der Waals surface area contributed by atoms with Crippen molar-refractivity contribution in [1.29, 1.82) is 5.26 Å². The predicted molar refractivity (Wildman–Crippen MR) is 109 cm³/mol. The Bertz CT molecular complexity index is 1010. The Labute approximate surface area is 176 Å². The van der Waals surface area contributed by atoms with Crippen LogP contribution in [0.4, 0.5) is 0 Å². The molecule has 156 valence electrons. The first-order chi connectivity index (χ1) is 14.4. The van der Waals surface area contributed by atoms with Gasteiger partial charge in [0.15, 0.2) is 5.78 Å². The molecule has 0 spiro atoms. The number of hydrogen-bond donors (Lipinski definition) is 1. The van der Waals surface area contributed by atoms with Crippen LogP contribution in [0.25, 0.3) is 0 Å². The SMILES string of the molecule is COc1ccc([C@]23C=C[C@@]4(CCCC[C@]24C)[C@@H]2[C@H]3C(=O)[C@H]3O[C@H]3[C@@]2(O)CC#N)cc1. The standard InChI is InChI=1S/C25H27NO4/c1-22-9-3-4-10-23(22)11-12-24(22,15-5-7-16(29-2)8-6-15)17-18(27)19-21(30-19)25(28,13-14-26)20(17)23/h5-8,11-12,17,19-21,28H,3-4,9-10,13H2,1-2H3/t17-,19-,20+,21-,22+,23+,24+,25-/m1/s1. The van der Waals surface area contributed by atoms with Crippen LogP contribution in [0.5, 0.6) is 5.75 Å². The Morgan fingerprint density at radius 3 is 2.67 bits per heavy atom. The Kier molecular flexibility index (Phi) is 3.44. The third kappa shape index (κ3) is 1.74. The normalized spacial score (nSPS) is 49.7. The first-order valence-electron chi connectivity index (χ1n) is 11.0. The Morgan fingerprint density at radius 2 is 1.97 bits per heavy atom. The zero-order valence-corrected chi connectivity index (χ0v) is 17.4. The number of nitrogens with zero attached hydrogens (tertiary/aromatic N) is 1. The summed E-state index contributed by atoms with van der Waals surface area (Å²) >= 11 is 0. The molecule has 1 aromatic rings. The minimum atomic E-state index is -1.28. The lowest BCUT2D eigenvalue weighted by molar-refractivity contribution is -0.142. The lowest BCUT2D eigenvalue weighted by Crippen LogP contribution is -2.59. The highest BCUT2D eigenvalue weighted by molar-refractivity contribution is 5.94. The van der Waals surface area contributed by atoms with Gasteiger partial charge in [-0.05, 0) is 36.0 Å². The van der Waals surface area contributed by atoms with Gasteiger partial charge in [-0.1, -0.05) is 44.1 Å². The van der Waals surface area contributed by atoms with Gasteiger partial charge in [0, 0.05) is 22.7 Å². The molecule has 3 saturated carbocycles. The number of benzene rings is 1. The van der Waals surface area contributed by atoms with E-state index in [-0.39, 0.29) is 34.9 Å². The summed E-state index contributed by atoms with van der Waals surface area (Å²) in [6.07, 6.45) is 7.61. The van der Waals surface area contributed by atoms with Gasteiger partial charge in [-0.15, -0.1) is 0 Å². The summed E-state index contributed by atoms with van der Waals surface area (Å²) in [6.45, 7) is 2.32. The molecule has 0 radical (unpaired) electrons. The minimum absolute atomic E-state index is 0.00692. The first-order valence-corrected chi connectivity index (χ1v) is 11.0. The van der Waals surface area contributed by atoms with Crippen molar-refractivity contribution in [2.24, 2.45) is 22.7 Å². The largest absolute Gasteiger partial charge is 0.497 e. The van der Waals surface area contributed by atoms with Crippen LogP contribution >= 0.6 is 0 Å². The van der Waals surface area contributed by atoms with Crippen molar-refractivity contribution in [3.05, 3.63) is 42.0 Å². The Balaban J connectivity index is 1.63. The van der Waals surface area contributed by atoms with Crippen molar-refractivity contribution in [2.75, 3.05) is 7.11 Å². The fourth-order valence-corrected chi connectivity index (χ4v) is 8.32. The fraction of sp³-hybridized carbons (Fsp3) is 0.600. The molecular weight excluding hydrogens is 378 g/mol. The van der Waals surface area contributed by atoms with E-state index in [0.29, 0.717) is 0 Å². The second kappa shape index (κ2) is 5.55. The number of epoxide rings is 1. The molecule has 1 aliphatic heterocycles. The summed E-state index contributed by atoms with van der Waals surface area (Å²) in [5, 5.41) is 21.5. The smallest absolute Gasteiger partial charge is 0.169 e. The summed E-state index contributed by atoms with van der Waals surface area (Å²) in [5.74, 6) is 0.232. The lowest BCUT2D eigenvalue weighted by atomic mass is 9.51. The zero-order valence-electron chi connectivity index (χ0n) is 17.4. The van der Waals surface area contributed by atoms with Gasteiger partial charge in [-0.25, -0.2) is 0 Å². The van der Waals surface area contributed by atoms with Crippen molar-refractivity contribution in [1.82, 2.24) is 0 Å². The van der Waals surface area contributed by atoms with Gasteiger partial charge < -0.3 is 14.6 Å². The second-order valence-corrected chi connectivity index (χ2v) is 10.2. The fourth-order valence-electron chi connectivity index (χ4n) is 8.32. The lowest BCUT2D eigenvalue weighted by Gasteiger charge is -2.52. The monoisotopic (exact) mass is 405 g/mol. The zero-order chi connectivity index (χ0) is 20.9. The van der Waals surface area contributed by atoms with E-state index < -0.39 is 23.2 Å². The highest BCUT2D eigenvalue weighted by atomic mass is 16.6. The molecule has 1 saturated heterocycles. The molecule has 4 fully saturated rings. The summed E-state index contributed by atoms with van der Waals surface area (Å²) in [5.41, 5.74) is -1.16. The highest BCUT2D eigenvalue weighted by Gasteiger charge is 2.85. The topological polar surface area (TPSA) is 82.8 Å². The van der Waals surface area contributed by atoms with E-state index in [9.17, 15) is 15.2 Å². The van der Waals surface area contributed by atoms with E-state index >= 15 is 0 Å². The molecule has 0 aromatic heterocycles. The minimum Gasteiger partial charge on any atom is -0.497 e. The Hall–Kier alpha value is -2.16. The molecule has 5 aliphatic rings. The van der Waals surface area contributed by atoms with Gasteiger partial charge in [0.1, 0.15) is 23.6 Å². The van der Waals surface area contributed by atoms with Crippen LogP contribution in [0, 0.1) is 34.0 Å². The molecule has 5 heteroatoms. The maximum absolute atomic E-state index is 13.7. The first kappa shape index (κ1) is 18.6. The number of hydrogen-bond acceptors (Lipinski definition) is 5. The van der Waals surface area contributed by atoms with Gasteiger partial charge in [-0.3, -0.25) is 4.79 Å². The van der Waals surface area contributed by atoms with E-state index in [1.807, 2.05) is 12.1 Å². The van der Waals surface area contributed by atoms with Crippen LogP contribution in [0.1, 0.15) is 44.6 Å². The number of ether oxygens (including phenoxy) is 2. The average molecular weight is 405 g/mol. The van der Waals surface area contributed by atoms with Crippen LogP contribution < -0.4 is 4.74 Å². The summed E-state index contributed by atoms with van der Waals surface area (Å²) in [7, 11) is 1.65. The Morgan fingerprint density at radius 1 is 1.23 bits per heavy atom. The van der Waals surface area contributed by atoms with E-state index in [2.05, 4.69) is 37.3 Å². The number of carbonyl (C=O) groups excluding carboxylic acids is 1. The number of Topliss-reactive ketones (excluding diaryl/α,β-unsaturated/α-hetero) is 1. The van der Waals surface area contributed by atoms with E-state index in [1.54, 1.807) is 7.11 Å². The number of methoxy groups -OCH3 is 1. The highest BCUT2D eigenvalue weighted by Crippen LogP contribution is 2.81. The summed E-state index contributed by atoms with van der Waals surface area (Å²) < 4.78 is 11.1. The third-order valence-corrected chi connectivity index (χ3v) is 9.52. The van der Waals surface area contributed by atoms with E-state index in [0.717, 1.165) is 37.0 Å². The number of aliphatic hydroxyl groups is 1. The second-order valence-electron chi connectivity index (χ2n) is 10.2. The molecule has 0 unspecified atom stereocenters. The molecule has 30 heavy (non-hydrogen) atoms. The van der Waals surface area contributed by atoms with Gasteiger partial charge in [0.2, 0.25) is 0 Å². The predicted octanol–water partition coefficient (Wildman–Crippen LogP) is 3.31. The van der Waals surface area contributed by atoms with E-state index in [4.69, 9.17) is 9.47 Å². The third-order valence-electron chi connectivity index (χ3n) is 9.52. The molecule has 1 heterocycles. The average Bonchev–Trinajstić information content (AvgIpc) is 3.49. The molecule has 4 aliphatic carbocycles. The number of allylic oxidation sites excluding steroid dienone is 2. The van der Waals surface area contributed by atoms with Crippen molar-refractivity contribution in [3.63, 3.8) is 0 Å². The molecular formula is C25H27NO4. The van der Waals surface area contributed by atoms with Crippen LogP contribution in [0.3, 0.4) is 0 Å². The molecule has 1 aromatic carbocycles. The molecule has 8 atom stereocenters. The maximum Gasteiger partial charge on any atom is 0.169 e. The quantitative estimate of drug-likeness (QED) is 0.616. The molecule has 5 nitrogen and oxygen atoms in total.